The lowest BCUT2D eigenvalue weighted by atomic mass is 10.2. The molecule has 5 nitrogen and oxygen atoms in total. The first kappa shape index (κ1) is 18.2. The Morgan fingerprint density at radius 1 is 1.23 bits per heavy atom. The van der Waals surface area contributed by atoms with E-state index in [0.717, 1.165) is 21.0 Å². The zero-order valence-corrected chi connectivity index (χ0v) is 15.5. The topological polar surface area (TPSA) is 68.7 Å². The van der Waals surface area contributed by atoms with Crippen molar-refractivity contribution in [2.75, 3.05) is 6.61 Å². The zero-order valence-electron chi connectivity index (χ0n) is 13.9. The van der Waals surface area contributed by atoms with Crippen molar-refractivity contribution in [2.24, 2.45) is 0 Å². The van der Waals surface area contributed by atoms with Crippen LogP contribution in [0.2, 0.25) is 5.02 Å². The average molecular weight is 390 g/mol. The second kappa shape index (κ2) is 8.21. The first-order valence-corrected chi connectivity index (χ1v) is 9.00. The number of halogens is 1. The molecular formula is C19H16ClNO4S. The Morgan fingerprint density at radius 3 is 2.77 bits per heavy atom. The van der Waals surface area contributed by atoms with Crippen LogP contribution in [-0.2, 0) is 11.4 Å². The Balaban J connectivity index is 1.64. The molecule has 26 heavy (non-hydrogen) atoms. The summed E-state index contributed by atoms with van der Waals surface area (Å²) in [4.78, 5) is 15.9. The number of carbonyl (C=O) groups is 1. The highest BCUT2D eigenvalue weighted by atomic mass is 35.5. The van der Waals surface area contributed by atoms with E-state index in [2.05, 4.69) is 4.98 Å². The minimum absolute atomic E-state index is 0.337. The zero-order chi connectivity index (χ0) is 18.5. The van der Waals surface area contributed by atoms with Crippen LogP contribution in [0.25, 0.3) is 10.4 Å². The van der Waals surface area contributed by atoms with Crippen molar-refractivity contribution in [1.29, 1.82) is 0 Å². The molecule has 0 aliphatic rings. The monoisotopic (exact) mass is 389 g/mol. The van der Waals surface area contributed by atoms with Gasteiger partial charge in [-0.15, -0.1) is 11.3 Å². The van der Waals surface area contributed by atoms with Crippen molar-refractivity contribution in [1.82, 2.24) is 4.98 Å². The van der Waals surface area contributed by atoms with Crippen LogP contribution in [0.5, 0.6) is 11.5 Å². The standard InChI is InChI=1S/C19H16ClNO4S/c1-12-8-13(6-7-16(12)25-11-19(22)23)24-10-18-21-9-17(26-18)14-4-2-3-5-15(14)20/h2-9H,10-11H2,1H3,(H,22,23). The summed E-state index contributed by atoms with van der Waals surface area (Å²) in [6.45, 7) is 1.80. The molecule has 0 saturated heterocycles. The number of ether oxygens (including phenoxy) is 2. The van der Waals surface area contributed by atoms with E-state index < -0.39 is 5.97 Å². The highest BCUT2D eigenvalue weighted by molar-refractivity contribution is 7.15. The largest absolute Gasteiger partial charge is 0.486 e. The molecule has 3 aromatic rings. The van der Waals surface area contributed by atoms with Gasteiger partial charge >= 0.3 is 5.97 Å². The molecule has 2 aromatic carbocycles. The van der Waals surface area contributed by atoms with E-state index in [4.69, 9.17) is 26.2 Å². The fourth-order valence-electron chi connectivity index (χ4n) is 2.32. The van der Waals surface area contributed by atoms with Gasteiger partial charge in [-0.1, -0.05) is 29.8 Å². The van der Waals surface area contributed by atoms with E-state index in [1.807, 2.05) is 31.2 Å². The smallest absolute Gasteiger partial charge is 0.341 e. The maximum absolute atomic E-state index is 10.6. The Bertz CT molecular complexity index is 925. The summed E-state index contributed by atoms with van der Waals surface area (Å²) < 4.78 is 11.0. The van der Waals surface area contributed by atoms with Crippen LogP contribution in [0.15, 0.2) is 48.7 Å². The molecule has 0 unspecified atom stereocenters. The molecule has 0 saturated carbocycles. The Morgan fingerprint density at radius 2 is 2.04 bits per heavy atom. The fourth-order valence-corrected chi connectivity index (χ4v) is 3.48. The number of carboxylic acid groups (broad SMARTS) is 1. The number of aromatic nitrogens is 1. The van der Waals surface area contributed by atoms with Gasteiger partial charge in [0.15, 0.2) is 6.61 Å². The number of aliphatic carboxylic acids is 1. The molecular weight excluding hydrogens is 374 g/mol. The van der Waals surface area contributed by atoms with Crippen LogP contribution in [0.3, 0.4) is 0 Å². The molecule has 0 atom stereocenters. The summed E-state index contributed by atoms with van der Waals surface area (Å²) in [6.07, 6.45) is 1.79. The quantitative estimate of drug-likeness (QED) is 0.627. The molecule has 0 radical (unpaired) electrons. The van der Waals surface area contributed by atoms with Gasteiger partial charge in [0.05, 0.1) is 4.88 Å². The predicted octanol–water partition coefficient (Wildman–Crippen LogP) is 4.81. The average Bonchev–Trinajstić information content (AvgIpc) is 3.08. The minimum atomic E-state index is -1.01. The number of nitrogens with zero attached hydrogens (tertiary/aromatic N) is 1. The maximum Gasteiger partial charge on any atom is 0.341 e. The number of aryl methyl sites for hydroxylation is 1. The van der Waals surface area contributed by atoms with E-state index in [-0.39, 0.29) is 6.61 Å². The van der Waals surface area contributed by atoms with E-state index in [1.54, 1.807) is 24.4 Å². The molecule has 7 heteroatoms. The number of thiazole rings is 1. The fraction of sp³-hybridized carbons (Fsp3) is 0.158. The van der Waals surface area contributed by atoms with Crippen LogP contribution in [0, 0.1) is 6.92 Å². The number of rotatable bonds is 7. The number of hydrogen-bond acceptors (Lipinski definition) is 5. The van der Waals surface area contributed by atoms with Gasteiger partial charge in [0, 0.05) is 16.8 Å². The van der Waals surface area contributed by atoms with Crippen molar-refractivity contribution in [3.8, 4) is 21.9 Å². The van der Waals surface area contributed by atoms with Gasteiger partial charge in [0.25, 0.3) is 0 Å². The third-order valence-electron chi connectivity index (χ3n) is 3.55. The van der Waals surface area contributed by atoms with Gasteiger partial charge in [-0.05, 0) is 36.8 Å². The Labute approximate surface area is 159 Å². The first-order chi connectivity index (χ1) is 12.5. The molecule has 3 rings (SSSR count). The van der Waals surface area contributed by atoms with Gasteiger partial charge in [0.2, 0.25) is 0 Å². The summed E-state index contributed by atoms with van der Waals surface area (Å²) in [5.41, 5.74) is 1.76. The molecule has 0 amide bonds. The van der Waals surface area contributed by atoms with Crippen molar-refractivity contribution in [3.05, 3.63) is 64.3 Å². The van der Waals surface area contributed by atoms with Crippen molar-refractivity contribution >= 4 is 28.9 Å². The summed E-state index contributed by atoms with van der Waals surface area (Å²) in [6, 6.07) is 12.9. The van der Waals surface area contributed by atoms with E-state index in [0.29, 0.717) is 23.1 Å². The van der Waals surface area contributed by atoms with Crippen LogP contribution in [0.4, 0.5) is 0 Å². The highest BCUT2D eigenvalue weighted by Gasteiger charge is 2.09. The van der Waals surface area contributed by atoms with Gasteiger partial charge in [-0.2, -0.15) is 0 Å². The molecule has 134 valence electrons. The van der Waals surface area contributed by atoms with Gasteiger partial charge in [-0.25, -0.2) is 9.78 Å². The third kappa shape index (κ3) is 4.53. The molecule has 0 aliphatic heterocycles. The molecule has 0 fully saturated rings. The van der Waals surface area contributed by atoms with Crippen molar-refractivity contribution in [3.63, 3.8) is 0 Å². The maximum atomic E-state index is 10.6. The molecule has 0 spiro atoms. The lowest BCUT2D eigenvalue weighted by Crippen LogP contribution is -2.10. The summed E-state index contributed by atoms with van der Waals surface area (Å²) in [5.74, 6) is 0.178. The van der Waals surface area contributed by atoms with Gasteiger partial charge in [-0.3, -0.25) is 0 Å². The molecule has 0 aliphatic carbocycles. The van der Waals surface area contributed by atoms with Crippen molar-refractivity contribution in [2.45, 2.75) is 13.5 Å². The lowest BCUT2D eigenvalue weighted by Gasteiger charge is -2.09. The minimum Gasteiger partial charge on any atom is -0.486 e. The first-order valence-electron chi connectivity index (χ1n) is 7.80. The molecule has 1 N–H and O–H groups in total. The SMILES string of the molecule is Cc1cc(OCc2ncc(-c3ccccc3Cl)s2)ccc1OCC(=O)O. The second-order valence-electron chi connectivity index (χ2n) is 5.50. The van der Waals surface area contributed by atoms with Crippen LogP contribution in [-0.4, -0.2) is 22.7 Å². The number of benzene rings is 2. The lowest BCUT2D eigenvalue weighted by molar-refractivity contribution is -0.139. The predicted molar refractivity (Wildman–Crippen MR) is 101 cm³/mol. The van der Waals surface area contributed by atoms with Crippen molar-refractivity contribution < 1.29 is 19.4 Å². The van der Waals surface area contributed by atoms with Crippen LogP contribution >= 0.6 is 22.9 Å². The normalized spacial score (nSPS) is 10.5. The van der Waals surface area contributed by atoms with E-state index >= 15 is 0 Å². The summed E-state index contributed by atoms with van der Waals surface area (Å²) >= 11 is 7.75. The summed E-state index contributed by atoms with van der Waals surface area (Å²) in [7, 11) is 0. The van der Waals surface area contributed by atoms with Crippen LogP contribution < -0.4 is 9.47 Å². The highest BCUT2D eigenvalue weighted by Crippen LogP contribution is 2.32. The Kier molecular flexibility index (Phi) is 5.75. The summed E-state index contributed by atoms with van der Waals surface area (Å²) in [5, 5.41) is 10.2. The Hall–Kier alpha value is -2.57. The third-order valence-corrected chi connectivity index (χ3v) is 4.89. The number of carboxylic acids is 1. The second-order valence-corrected chi connectivity index (χ2v) is 7.02. The molecule has 1 aromatic heterocycles. The van der Waals surface area contributed by atoms with Gasteiger partial charge in [0.1, 0.15) is 23.1 Å². The van der Waals surface area contributed by atoms with E-state index in [9.17, 15) is 4.79 Å². The van der Waals surface area contributed by atoms with Crippen LogP contribution in [0.1, 0.15) is 10.6 Å². The number of hydrogen-bond donors (Lipinski definition) is 1. The van der Waals surface area contributed by atoms with E-state index in [1.165, 1.54) is 11.3 Å². The molecule has 1 heterocycles. The van der Waals surface area contributed by atoms with Gasteiger partial charge < -0.3 is 14.6 Å². The molecule has 0 bridgehead atoms.